The monoisotopic (exact) mass is 257 g/mol. The molecule has 0 saturated carbocycles. The summed E-state index contributed by atoms with van der Waals surface area (Å²) in [5.74, 6) is 0.319. The molecule has 2 unspecified atom stereocenters. The highest BCUT2D eigenvalue weighted by atomic mass is 31.2. The average Bonchev–Trinajstić information content (AvgIpc) is 2.30. The lowest BCUT2D eigenvalue weighted by molar-refractivity contribution is 0.315. The summed E-state index contributed by atoms with van der Waals surface area (Å²) in [6, 6.07) is 6.81. The maximum Gasteiger partial charge on any atom is 0.385 e. The Bertz CT molecular complexity index is 455. The summed E-state index contributed by atoms with van der Waals surface area (Å²) in [7, 11) is -3.88. The van der Waals surface area contributed by atoms with E-state index in [0.29, 0.717) is 5.75 Å². The summed E-state index contributed by atoms with van der Waals surface area (Å²) in [4.78, 5) is 9.75. The van der Waals surface area contributed by atoms with Crippen molar-refractivity contribution in [2.24, 2.45) is 5.16 Å². The number of hydrogen-bond donors (Lipinski definition) is 2. The van der Waals surface area contributed by atoms with Gasteiger partial charge in [-0.25, -0.2) is 4.57 Å². The van der Waals surface area contributed by atoms with Crippen molar-refractivity contribution in [2.45, 2.75) is 26.4 Å². The van der Waals surface area contributed by atoms with E-state index in [4.69, 9.17) is 9.73 Å². The molecule has 0 aliphatic heterocycles. The second-order valence-corrected chi connectivity index (χ2v) is 5.97. The zero-order valence-corrected chi connectivity index (χ0v) is 10.9. The lowest BCUT2D eigenvalue weighted by atomic mass is 10.2. The Morgan fingerprint density at radius 1 is 1.41 bits per heavy atom. The van der Waals surface area contributed by atoms with Gasteiger partial charge in [-0.3, -0.25) is 0 Å². The molecule has 1 rings (SSSR count). The standard InChI is InChI=1S/C11H16NO4P/c1-8-4-6-11(7-5-8)16-17(14,15)10(3)9(2)12-13/h4-7,10,13H,1-3H3,(H,14,15). The van der Waals surface area contributed by atoms with Crippen molar-refractivity contribution in [3.8, 4) is 5.75 Å². The summed E-state index contributed by atoms with van der Waals surface area (Å²) in [6.07, 6.45) is 0. The molecular weight excluding hydrogens is 241 g/mol. The minimum atomic E-state index is -3.88. The van der Waals surface area contributed by atoms with Crippen molar-refractivity contribution in [2.75, 3.05) is 0 Å². The van der Waals surface area contributed by atoms with Gasteiger partial charge in [-0.15, -0.1) is 0 Å². The third-order valence-corrected chi connectivity index (χ3v) is 4.33. The largest absolute Gasteiger partial charge is 0.424 e. The van der Waals surface area contributed by atoms with Crippen molar-refractivity contribution in [3.63, 3.8) is 0 Å². The Hall–Kier alpha value is -1.32. The van der Waals surface area contributed by atoms with Gasteiger partial charge in [0, 0.05) is 0 Å². The number of nitrogens with zero attached hydrogens (tertiary/aromatic N) is 1. The number of oxime groups is 1. The summed E-state index contributed by atoms with van der Waals surface area (Å²) < 4.78 is 17.0. The zero-order valence-electron chi connectivity index (χ0n) is 9.99. The van der Waals surface area contributed by atoms with Crippen molar-refractivity contribution in [1.29, 1.82) is 0 Å². The van der Waals surface area contributed by atoms with Crippen molar-refractivity contribution in [1.82, 2.24) is 0 Å². The normalized spacial score (nSPS) is 17.3. The van der Waals surface area contributed by atoms with Crippen LogP contribution in [0.25, 0.3) is 0 Å². The maximum absolute atomic E-state index is 11.9. The van der Waals surface area contributed by atoms with Crippen LogP contribution in [0.2, 0.25) is 0 Å². The van der Waals surface area contributed by atoms with E-state index in [-0.39, 0.29) is 5.71 Å². The topological polar surface area (TPSA) is 79.1 Å². The van der Waals surface area contributed by atoms with Crippen LogP contribution in [0.3, 0.4) is 0 Å². The van der Waals surface area contributed by atoms with Gasteiger partial charge in [0.25, 0.3) is 0 Å². The first-order valence-electron chi connectivity index (χ1n) is 5.14. The van der Waals surface area contributed by atoms with Crippen molar-refractivity contribution >= 4 is 13.3 Å². The predicted molar refractivity (Wildman–Crippen MR) is 66.0 cm³/mol. The first-order chi connectivity index (χ1) is 7.86. The first-order valence-corrected chi connectivity index (χ1v) is 6.79. The van der Waals surface area contributed by atoms with E-state index in [2.05, 4.69) is 5.16 Å². The summed E-state index contributed by atoms with van der Waals surface area (Å²) in [5, 5.41) is 11.5. The summed E-state index contributed by atoms with van der Waals surface area (Å²) in [6.45, 7) is 4.85. The predicted octanol–water partition coefficient (Wildman–Crippen LogP) is 2.80. The molecule has 17 heavy (non-hydrogen) atoms. The molecule has 1 aromatic carbocycles. The molecule has 0 fully saturated rings. The van der Waals surface area contributed by atoms with E-state index < -0.39 is 13.3 Å². The SMILES string of the molecule is CC(=NO)C(C)P(=O)(O)Oc1ccc(C)cc1. The van der Waals surface area contributed by atoms with Crippen LogP contribution in [0, 0.1) is 6.92 Å². The fourth-order valence-electron chi connectivity index (χ4n) is 1.15. The van der Waals surface area contributed by atoms with Crippen molar-refractivity contribution in [3.05, 3.63) is 29.8 Å². The van der Waals surface area contributed by atoms with Gasteiger partial charge >= 0.3 is 7.60 Å². The van der Waals surface area contributed by atoms with Crippen LogP contribution < -0.4 is 4.52 Å². The third-order valence-electron chi connectivity index (χ3n) is 2.51. The average molecular weight is 257 g/mol. The van der Waals surface area contributed by atoms with E-state index >= 15 is 0 Å². The van der Waals surface area contributed by atoms with Gasteiger partial charge in [0.15, 0.2) is 0 Å². The van der Waals surface area contributed by atoms with Gasteiger partial charge in [0.05, 0.1) is 5.71 Å². The molecule has 0 aromatic heterocycles. The van der Waals surface area contributed by atoms with Gasteiger partial charge in [0.1, 0.15) is 11.4 Å². The van der Waals surface area contributed by atoms with Crippen LogP contribution in [-0.4, -0.2) is 21.5 Å². The quantitative estimate of drug-likeness (QED) is 0.376. The number of benzene rings is 1. The minimum absolute atomic E-state index is 0.156. The molecule has 1 aromatic rings. The van der Waals surface area contributed by atoms with Gasteiger partial charge in [-0.2, -0.15) is 0 Å². The molecule has 0 heterocycles. The Morgan fingerprint density at radius 3 is 2.41 bits per heavy atom. The second-order valence-electron chi connectivity index (χ2n) is 3.89. The van der Waals surface area contributed by atoms with Crippen LogP contribution in [0.5, 0.6) is 5.75 Å². The smallest absolute Gasteiger partial charge is 0.385 e. The molecule has 6 heteroatoms. The molecule has 0 aliphatic carbocycles. The fraction of sp³-hybridized carbons (Fsp3) is 0.364. The van der Waals surface area contributed by atoms with Crippen LogP contribution in [0.4, 0.5) is 0 Å². The highest BCUT2D eigenvalue weighted by molar-refractivity contribution is 7.55. The summed E-state index contributed by atoms with van der Waals surface area (Å²) >= 11 is 0. The lowest BCUT2D eigenvalue weighted by Crippen LogP contribution is -2.17. The third kappa shape index (κ3) is 3.58. The Kier molecular flexibility index (Phi) is 4.32. The summed E-state index contributed by atoms with van der Waals surface area (Å²) in [5.41, 5.74) is 0.336. The molecule has 2 N–H and O–H groups in total. The van der Waals surface area contributed by atoms with Crippen molar-refractivity contribution < 1.29 is 19.2 Å². The molecule has 5 nitrogen and oxygen atoms in total. The zero-order chi connectivity index (χ0) is 13.1. The molecular formula is C11H16NO4P. The Morgan fingerprint density at radius 2 is 1.94 bits per heavy atom. The Labute approximate surface area is 100 Å². The molecule has 0 saturated heterocycles. The second kappa shape index (κ2) is 5.34. The molecule has 0 radical (unpaired) electrons. The van der Waals surface area contributed by atoms with Gasteiger partial charge < -0.3 is 14.6 Å². The van der Waals surface area contributed by atoms with Crippen LogP contribution >= 0.6 is 7.60 Å². The minimum Gasteiger partial charge on any atom is -0.424 e. The molecule has 0 amide bonds. The molecule has 0 bridgehead atoms. The molecule has 2 atom stereocenters. The number of rotatable bonds is 4. The number of hydrogen-bond acceptors (Lipinski definition) is 4. The van der Waals surface area contributed by atoms with Crippen LogP contribution in [0.1, 0.15) is 19.4 Å². The number of aryl methyl sites for hydroxylation is 1. The molecule has 0 spiro atoms. The Balaban J connectivity index is 2.86. The van der Waals surface area contributed by atoms with E-state index in [1.807, 2.05) is 6.92 Å². The van der Waals surface area contributed by atoms with E-state index in [0.717, 1.165) is 5.56 Å². The molecule has 94 valence electrons. The van der Waals surface area contributed by atoms with Gasteiger partial charge in [0.2, 0.25) is 0 Å². The maximum atomic E-state index is 11.9. The van der Waals surface area contributed by atoms with E-state index in [1.165, 1.54) is 13.8 Å². The fourth-order valence-corrected chi connectivity index (χ4v) is 2.25. The van der Waals surface area contributed by atoms with Crippen LogP contribution in [0.15, 0.2) is 29.4 Å². The first kappa shape index (κ1) is 13.7. The lowest BCUT2D eigenvalue weighted by Gasteiger charge is -2.18. The van der Waals surface area contributed by atoms with Crippen LogP contribution in [-0.2, 0) is 4.57 Å². The van der Waals surface area contributed by atoms with Gasteiger partial charge in [-0.05, 0) is 32.9 Å². The van der Waals surface area contributed by atoms with E-state index in [1.54, 1.807) is 24.3 Å². The highest BCUT2D eigenvalue weighted by Crippen LogP contribution is 2.48. The molecule has 0 aliphatic rings. The van der Waals surface area contributed by atoms with Gasteiger partial charge in [-0.1, -0.05) is 22.9 Å². The van der Waals surface area contributed by atoms with E-state index in [9.17, 15) is 9.46 Å². The highest BCUT2D eigenvalue weighted by Gasteiger charge is 2.32.